The average Bonchev–Trinajstić information content (AvgIpc) is 2.56. The van der Waals surface area contributed by atoms with Gasteiger partial charge in [0.2, 0.25) is 0 Å². The van der Waals surface area contributed by atoms with Crippen molar-refractivity contribution in [2.75, 3.05) is 6.61 Å². The smallest absolute Gasteiger partial charge is 0.0528 e. The number of hydrogen-bond acceptors (Lipinski definition) is 1. The fourth-order valence-electron chi connectivity index (χ4n) is 3.71. The summed E-state index contributed by atoms with van der Waals surface area (Å²) in [5.41, 5.74) is 5.12. The maximum atomic E-state index is 10.2. The Bertz CT molecular complexity index is 594. The van der Waals surface area contributed by atoms with E-state index in [9.17, 15) is 5.11 Å². The summed E-state index contributed by atoms with van der Waals surface area (Å²) in [6.07, 6.45) is 5.96. The Labute approximate surface area is 127 Å². The van der Waals surface area contributed by atoms with Crippen LogP contribution < -0.4 is 0 Å². The lowest BCUT2D eigenvalue weighted by Gasteiger charge is -2.38. The zero-order chi connectivity index (χ0) is 14.7. The molecule has 0 spiro atoms. The van der Waals surface area contributed by atoms with Crippen LogP contribution >= 0.6 is 0 Å². The summed E-state index contributed by atoms with van der Waals surface area (Å²) in [7, 11) is 0. The van der Waals surface area contributed by atoms with Crippen molar-refractivity contribution in [1.29, 1.82) is 0 Å². The molecule has 3 rings (SSSR count). The molecule has 0 amide bonds. The highest BCUT2D eigenvalue weighted by atomic mass is 16.3. The molecule has 1 N–H and O–H groups in total. The minimum Gasteiger partial charge on any atom is -0.395 e. The van der Waals surface area contributed by atoms with Gasteiger partial charge >= 0.3 is 0 Å². The first-order chi connectivity index (χ1) is 10.2. The van der Waals surface area contributed by atoms with Gasteiger partial charge in [-0.2, -0.15) is 0 Å². The molecule has 1 aliphatic rings. The second-order valence-corrected chi connectivity index (χ2v) is 6.41. The highest BCUT2D eigenvalue weighted by molar-refractivity contribution is 5.69. The number of aliphatic hydroxyl groups is 1. The van der Waals surface area contributed by atoms with Crippen molar-refractivity contribution in [2.45, 2.75) is 44.4 Å². The Morgan fingerprint density at radius 2 is 1.67 bits per heavy atom. The van der Waals surface area contributed by atoms with Gasteiger partial charge in [0.15, 0.2) is 0 Å². The van der Waals surface area contributed by atoms with Gasteiger partial charge in [0.1, 0.15) is 0 Å². The van der Waals surface area contributed by atoms with E-state index < -0.39 is 0 Å². The fraction of sp³-hybridized carbons (Fsp3) is 0.400. The van der Waals surface area contributed by atoms with Crippen LogP contribution in [0.2, 0.25) is 0 Å². The van der Waals surface area contributed by atoms with Crippen LogP contribution in [0.15, 0.2) is 48.5 Å². The van der Waals surface area contributed by atoms with Crippen molar-refractivity contribution >= 4 is 0 Å². The van der Waals surface area contributed by atoms with Gasteiger partial charge in [-0.05, 0) is 36.5 Å². The highest BCUT2D eigenvalue weighted by Gasteiger charge is 2.35. The summed E-state index contributed by atoms with van der Waals surface area (Å²) >= 11 is 0. The molecule has 110 valence electrons. The molecule has 21 heavy (non-hydrogen) atoms. The highest BCUT2D eigenvalue weighted by Crippen LogP contribution is 2.43. The van der Waals surface area contributed by atoms with Crippen molar-refractivity contribution in [3.8, 4) is 11.1 Å². The largest absolute Gasteiger partial charge is 0.395 e. The quantitative estimate of drug-likeness (QED) is 0.851. The number of hydrogen-bond donors (Lipinski definition) is 1. The molecule has 0 atom stereocenters. The second kappa shape index (κ2) is 6.03. The summed E-state index contributed by atoms with van der Waals surface area (Å²) in [5, 5.41) is 10.2. The third-order valence-electron chi connectivity index (χ3n) is 4.94. The van der Waals surface area contributed by atoms with Gasteiger partial charge in [-0.15, -0.1) is 0 Å². The van der Waals surface area contributed by atoms with Crippen molar-refractivity contribution < 1.29 is 5.11 Å². The monoisotopic (exact) mass is 280 g/mol. The number of benzene rings is 2. The van der Waals surface area contributed by atoms with Crippen LogP contribution in [-0.4, -0.2) is 11.7 Å². The van der Waals surface area contributed by atoms with Crippen LogP contribution in [0.25, 0.3) is 11.1 Å². The Hall–Kier alpha value is -1.60. The standard InChI is InChI=1S/C20H24O/c1-16-10-11-18(17-8-4-2-5-9-17)19(14-16)20(15-21)12-6-3-7-13-20/h2,4-5,8-11,14,21H,3,6-7,12-13,15H2,1H3. The Balaban J connectivity index is 2.14. The summed E-state index contributed by atoms with van der Waals surface area (Å²) in [6.45, 7) is 2.41. The van der Waals surface area contributed by atoms with Gasteiger partial charge in [-0.1, -0.05) is 73.4 Å². The number of aliphatic hydroxyl groups excluding tert-OH is 1. The first-order valence-corrected chi connectivity index (χ1v) is 8.03. The molecule has 2 aromatic rings. The molecule has 1 aliphatic carbocycles. The molecule has 0 aliphatic heterocycles. The minimum atomic E-state index is -0.0462. The van der Waals surface area contributed by atoms with Crippen LogP contribution in [0.1, 0.15) is 43.2 Å². The zero-order valence-electron chi connectivity index (χ0n) is 12.8. The normalized spacial score (nSPS) is 17.6. The molecular weight excluding hydrogens is 256 g/mol. The molecule has 1 saturated carbocycles. The third kappa shape index (κ3) is 2.75. The SMILES string of the molecule is Cc1ccc(-c2ccccc2)c(C2(CO)CCCCC2)c1. The molecule has 0 radical (unpaired) electrons. The Morgan fingerprint density at radius 3 is 2.33 bits per heavy atom. The molecule has 1 nitrogen and oxygen atoms in total. The van der Waals surface area contributed by atoms with Crippen LogP contribution in [0.3, 0.4) is 0 Å². The summed E-state index contributed by atoms with van der Waals surface area (Å²) < 4.78 is 0. The molecule has 0 bridgehead atoms. The van der Waals surface area contributed by atoms with E-state index in [-0.39, 0.29) is 12.0 Å². The van der Waals surface area contributed by atoms with Gasteiger partial charge < -0.3 is 5.11 Å². The van der Waals surface area contributed by atoms with Gasteiger partial charge in [-0.3, -0.25) is 0 Å². The van der Waals surface area contributed by atoms with Gasteiger partial charge in [0.25, 0.3) is 0 Å². The van der Waals surface area contributed by atoms with Crippen molar-refractivity contribution in [3.05, 3.63) is 59.7 Å². The average molecular weight is 280 g/mol. The molecule has 0 saturated heterocycles. The molecular formula is C20H24O. The van der Waals surface area contributed by atoms with Crippen molar-refractivity contribution in [1.82, 2.24) is 0 Å². The lowest BCUT2D eigenvalue weighted by atomic mass is 9.68. The maximum Gasteiger partial charge on any atom is 0.0528 e. The molecule has 1 heteroatoms. The van der Waals surface area contributed by atoms with Crippen LogP contribution in [0.5, 0.6) is 0 Å². The van der Waals surface area contributed by atoms with Crippen molar-refractivity contribution in [2.24, 2.45) is 0 Å². The molecule has 0 heterocycles. The predicted molar refractivity (Wildman–Crippen MR) is 88.5 cm³/mol. The fourth-order valence-corrected chi connectivity index (χ4v) is 3.71. The minimum absolute atomic E-state index is 0.0462. The van der Waals surface area contributed by atoms with Crippen LogP contribution in [0.4, 0.5) is 0 Å². The molecule has 1 fully saturated rings. The lowest BCUT2D eigenvalue weighted by Crippen LogP contribution is -2.33. The maximum absolute atomic E-state index is 10.2. The first kappa shape index (κ1) is 14.3. The Morgan fingerprint density at radius 1 is 0.952 bits per heavy atom. The van der Waals surface area contributed by atoms with Crippen LogP contribution in [-0.2, 0) is 5.41 Å². The first-order valence-electron chi connectivity index (χ1n) is 8.03. The lowest BCUT2D eigenvalue weighted by molar-refractivity contribution is 0.152. The number of aryl methyl sites for hydroxylation is 1. The van der Waals surface area contributed by atoms with Gasteiger partial charge in [-0.25, -0.2) is 0 Å². The topological polar surface area (TPSA) is 20.2 Å². The van der Waals surface area contributed by atoms with Gasteiger partial charge in [0.05, 0.1) is 6.61 Å². The van der Waals surface area contributed by atoms with E-state index in [2.05, 4.69) is 55.5 Å². The van der Waals surface area contributed by atoms with E-state index in [1.807, 2.05) is 0 Å². The summed E-state index contributed by atoms with van der Waals surface area (Å²) in [4.78, 5) is 0. The molecule has 0 unspecified atom stereocenters. The van der Waals surface area contributed by atoms with E-state index in [1.165, 1.54) is 41.5 Å². The van der Waals surface area contributed by atoms with Gasteiger partial charge in [0, 0.05) is 5.41 Å². The van der Waals surface area contributed by atoms with E-state index in [0.29, 0.717) is 0 Å². The summed E-state index contributed by atoms with van der Waals surface area (Å²) in [5.74, 6) is 0. The van der Waals surface area contributed by atoms with E-state index in [0.717, 1.165) is 12.8 Å². The predicted octanol–water partition coefficient (Wildman–Crippen LogP) is 4.86. The van der Waals surface area contributed by atoms with E-state index in [1.54, 1.807) is 0 Å². The Kier molecular flexibility index (Phi) is 4.12. The molecule has 0 aromatic heterocycles. The molecule has 2 aromatic carbocycles. The number of rotatable bonds is 3. The summed E-state index contributed by atoms with van der Waals surface area (Å²) in [6, 6.07) is 17.3. The van der Waals surface area contributed by atoms with Crippen molar-refractivity contribution in [3.63, 3.8) is 0 Å². The second-order valence-electron chi connectivity index (χ2n) is 6.41. The van der Waals surface area contributed by atoms with E-state index in [4.69, 9.17) is 0 Å². The van der Waals surface area contributed by atoms with E-state index >= 15 is 0 Å². The third-order valence-corrected chi connectivity index (χ3v) is 4.94. The van der Waals surface area contributed by atoms with Crippen LogP contribution in [0, 0.1) is 6.92 Å². The zero-order valence-corrected chi connectivity index (χ0v) is 12.8.